The summed E-state index contributed by atoms with van der Waals surface area (Å²) in [5, 5.41) is 28.4. The number of hydrogen-bond acceptors (Lipinski definition) is 6. The molecule has 1 aliphatic rings. The number of ketones is 2. The monoisotopic (exact) mass is 289 g/mol. The molecule has 0 amide bonds. The summed E-state index contributed by atoms with van der Waals surface area (Å²) >= 11 is 0. The first-order valence-electron chi connectivity index (χ1n) is 6.20. The van der Waals surface area contributed by atoms with Gasteiger partial charge < -0.3 is 10.8 Å². The van der Waals surface area contributed by atoms with Crippen LogP contribution in [0, 0.1) is 22.7 Å². The maximum absolute atomic E-state index is 12.6. The molecule has 0 unspecified atom stereocenters. The molecular weight excluding hydrogens is 282 g/mol. The Morgan fingerprint density at radius 3 is 1.91 bits per heavy atom. The van der Waals surface area contributed by atoms with Crippen LogP contribution in [0.4, 0.5) is 5.69 Å². The molecule has 0 spiro atoms. The molecule has 3 rings (SSSR count). The van der Waals surface area contributed by atoms with Crippen molar-refractivity contribution < 1.29 is 14.7 Å². The van der Waals surface area contributed by atoms with Gasteiger partial charge in [-0.05, 0) is 0 Å². The minimum Gasteiger partial charge on any atom is -0.506 e. The van der Waals surface area contributed by atoms with Crippen molar-refractivity contribution in [2.45, 2.75) is 0 Å². The highest BCUT2D eigenvalue weighted by molar-refractivity contribution is 6.31. The van der Waals surface area contributed by atoms with E-state index in [4.69, 9.17) is 16.3 Å². The third-order valence-electron chi connectivity index (χ3n) is 3.61. The molecule has 0 fully saturated rings. The van der Waals surface area contributed by atoms with Crippen LogP contribution in [0.1, 0.15) is 43.0 Å². The van der Waals surface area contributed by atoms with Crippen molar-refractivity contribution in [1.29, 1.82) is 10.5 Å². The highest BCUT2D eigenvalue weighted by atomic mass is 16.3. The minimum atomic E-state index is -0.684. The highest BCUT2D eigenvalue weighted by Crippen LogP contribution is 2.40. The SMILES string of the molecule is N#Cc1c(N)c2c(c(O)c1C#N)C(=O)c1ccccc1C2=O. The Morgan fingerprint density at radius 1 is 0.909 bits per heavy atom. The Labute approximate surface area is 124 Å². The van der Waals surface area contributed by atoms with E-state index < -0.39 is 22.9 Å². The number of nitrogens with two attached hydrogens (primary N) is 1. The van der Waals surface area contributed by atoms with Gasteiger partial charge in [0.15, 0.2) is 11.6 Å². The maximum atomic E-state index is 12.6. The van der Waals surface area contributed by atoms with Gasteiger partial charge in [-0.15, -0.1) is 0 Å². The summed E-state index contributed by atoms with van der Waals surface area (Å²) < 4.78 is 0. The molecule has 6 nitrogen and oxygen atoms in total. The Kier molecular flexibility index (Phi) is 2.69. The average Bonchev–Trinajstić information content (AvgIpc) is 2.53. The fourth-order valence-electron chi connectivity index (χ4n) is 2.59. The average molecular weight is 289 g/mol. The second-order valence-electron chi connectivity index (χ2n) is 4.69. The zero-order chi connectivity index (χ0) is 16.0. The predicted molar refractivity (Wildman–Crippen MR) is 75.3 cm³/mol. The van der Waals surface area contributed by atoms with Crippen molar-refractivity contribution in [3.63, 3.8) is 0 Å². The lowest BCUT2D eigenvalue weighted by Crippen LogP contribution is -2.23. The quantitative estimate of drug-likeness (QED) is 0.476. The fraction of sp³-hybridized carbons (Fsp3) is 0. The largest absolute Gasteiger partial charge is 0.506 e. The smallest absolute Gasteiger partial charge is 0.198 e. The molecule has 22 heavy (non-hydrogen) atoms. The Balaban J connectivity index is 2.50. The van der Waals surface area contributed by atoms with Crippen LogP contribution in [-0.4, -0.2) is 16.7 Å². The molecule has 0 atom stereocenters. The number of aromatic hydroxyl groups is 1. The van der Waals surface area contributed by atoms with Gasteiger partial charge in [0.05, 0.1) is 22.4 Å². The zero-order valence-electron chi connectivity index (χ0n) is 11.0. The first kappa shape index (κ1) is 13.3. The lowest BCUT2D eigenvalue weighted by molar-refractivity contribution is 0.0977. The first-order valence-corrected chi connectivity index (χ1v) is 6.20. The van der Waals surface area contributed by atoms with Crippen LogP contribution in [0.25, 0.3) is 0 Å². The lowest BCUT2D eigenvalue weighted by atomic mass is 9.80. The molecular formula is C16H7N3O3. The molecule has 0 aromatic heterocycles. The van der Waals surface area contributed by atoms with E-state index in [1.807, 2.05) is 0 Å². The number of nitrogen functional groups attached to an aromatic ring is 1. The van der Waals surface area contributed by atoms with Crippen LogP contribution >= 0.6 is 0 Å². The third kappa shape index (κ3) is 1.46. The van der Waals surface area contributed by atoms with Crippen LogP contribution in [0.3, 0.4) is 0 Å². The highest BCUT2D eigenvalue weighted by Gasteiger charge is 2.36. The van der Waals surface area contributed by atoms with E-state index in [1.165, 1.54) is 12.1 Å². The van der Waals surface area contributed by atoms with Crippen LogP contribution < -0.4 is 5.73 Å². The number of hydrogen-bond donors (Lipinski definition) is 2. The predicted octanol–water partition coefficient (Wildman–Crippen LogP) is 1.49. The fourth-order valence-corrected chi connectivity index (χ4v) is 2.59. The maximum Gasteiger partial charge on any atom is 0.198 e. The number of phenolic OH excluding ortho intramolecular Hbond substituents is 1. The third-order valence-corrected chi connectivity index (χ3v) is 3.61. The van der Waals surface area contributed by atoms with Crippen molar-refractivity contribution in [3.8, 4) is 17.9 Å². The summed E-state index contributed by atoms with van der Waals surface area (Å²) in [5.41, 5.74) is 4.57. The van der Waals surface area contributed by atoms with E-state index in [-0.39, 0.29) is 33.5 Å². The van der Waals surface area contributed by atoms with Gasteiger partial charge in [-0.3, -0.25) is 9.59 Å². The molecule has 3 N–H and O–H groups in total. The summed E-state index contributed by atoms with van der Waals surface area (Å²) in [6.45, 7) is 0. The molecule has 0 radical (unpaired) electrons. The lowest BCUT2D eigenvalue weighted by Gasteiger charge is -2.21. The Bertz CT molecular complexity index is 884. The Morgan fingerprint density at radius 2 is 1.41 bits per heavy atom. The van der Waals surface area contributed by atoms with Crippen LogP contribution in [0.5, 0.6) is 5.75 Å². The number of fused-ring (bicyclic) bond motifs is 2. The number of anilines is 1. The number of carbonyl (C=O) groups excluding carboxylic acids is 2. The standard InChI is InChI=1S/C16H7N3O3/c17-5-9-10(6-18)16(22)12-11(13(9)19)14(20)7-3-1-2-4-8(7)15(12)21/h1-4,22H,19H2. The molecule has 0 aliphatic heterocycles. The summed E-state index contributed by atoms with van der Waals surface area (Å²) in [7, 11) is 0. The van der Waals surface area contributed by atoms with Crippen molar-refractivity contribution >= 4 is 17.3 Å². The van der Waals surface area contributed by atoms with Gasteiger partial charge >= 0.3 is 0 Å². The number of nitrogens with zero attached hydrogens (tertiary/aromatic N) is 2. The normalized spacial score (nSPS) is 12.1. The molecule has 0 saturated heterocycles. The van der Waals surface area contributed by atoms with Crippen LogP contribution in [0.2, 0.25) is 0 Å². The van der Waals surface area contributed by atoms with E-state index >= 15 is 0 Å². The summed E-state index contributed by atoms with van der Waals surface area (Å²) in [6.07, 6.45) is 0. The van der Waals surface area contributed by atoms with Crippen molar-refractivity contribution in [2.24, 2.45) is 0 Å². The minimum absolute atomic E-state index is 0.128. The van der Waals surface area contributed by atoms with Gasteiger partial charge in [-0.25, -0.2) is 0 Å². The zero-order valence-corrected chi connectivity index (χ0v) is 11.0. The summed E-state index contributed by atoms with van der Waals surface area (Å²) in [4.78, 5) is 25.1. The van der Waals surface area contributed by atoms with Gasteiger partial charge in [0.2, 0.25) is 0 Å². The van der Waals surface area contributed by atoms with E-state index in [0.29, 0.717) is 0 Å². The van der Waals surface area contributed by atoms with Crippen LogP contribution in [-0.2, 0) is 0 Å². The number of benzene rings is 2. The van der Waals surface area contributed by atoms with E-state index in [9.17, 15) is 14.7 Å². The number of carbonyl (C=O) groups is 2. The van der Waals surface area contributed by atoms with E-state index in [2.05, 4.69) is 0 Å². The first-order chi connectivity index (χ1) is 10.5. The molecule has 0 heterocycles. The number of rotatable bonds is 0. The molecule has 1 aliphatic carbocycles. The second kappa shape index (κ2) is 4.44. The molecule has 2 aromatic rings. The van der Waals surface area contributed by atoms with Gasteiger partial charge in [0, 0.05) is 11.1 Å². The second-order valence-corrected chi connectivity index (χ2v) is 4.69. The van der Waals surface area contributed by atoms with Crippen molar-refractivity contribution in [1.82, 2.24) is 0 Å². The van der Waals surface area contributed by atoms with Gasteiger partial charge in [0.1, 0.15) is 23.5 Å². The van der Waals surface area contributed by atoms with Gasteiger partial charge in [0.25, 0.3) is 0 Å². The number of phenols is 1. The summed E-state index contributed by atoms with van der Waals surface area (Å²) in [6, 6.07) is 9.46. The van der Waals surface area contributed by atoms with Crippen molar-refractivity contribution in [2.75, 3.05) is 5.73 Å². The molecule has 0 saturated carbocycles. The Hall–Kier alpha value is -3.64. The molecule has 6 heteroatoms. The topological polar surface area (TPSA) is 128 Å². The van der Waals surface area contributed by atoms with E-state index in [1.54, 1.807) is 24.3 Å². The van der Waals surface area contributed by atoms with Gasteiger partial charge in [-0.2, -0.15) is 10.5 Å². The van der Waals surface area contributed by atoms with Crippen molar-refractivity contribution in [3.05, 3.63) is 57.6 Å². The molecule has 2 aromatic carbocycles. The molecule has 0 bridgehead atoms. The molecule has 104 valence electrons. The number of nitriles is 2. The van der Waals surface area contributed by atoms with Crippen LogP contribution in [0.15, 0.2) is 24.3 Å². The summed E-state index contributed by atoms with van der Waals surface area (Å²) in [5.74, 6) is -1.84. The van der Waals surface area contributed by atoms with E-state index in [0.717, 1.165) is 0 Å². The van der Waals surface area contributed by atoms with Gasteiger partial charge in [-0.1, -0.05) is 24.3 Å².